The first-order chi connectivity index (χ1) is 8.35. The van der Waals surface area contributed by atoms with Gasteiger partial charge < -0.3 is 4.74 Å². The van der Waals surface area contributed by atoms with Crippen molar-refractivity contribution in [1.82, 2.24) is 0 Å². The zero-order valence-electron chi connectivity index (χ0n) is 9.29. The van der Waals surface area contributed by atoms with E-state index in [1.807, 2.05) is 36.6 Å². The van der Waals surface area contributed by atoms with Gasteiger partial charge in [-0.15, -0.1) is 16.7 Å². The van der Waals surface area contributed by atoms with E-state index < -0.39 is 0 Å². The standard InChI is InChI=1S/C13H11NO2S/c1-17-13-9-5-4-8-12(13)16-11-7-3-2-6-10(11)14-15/h2-9H,1H3. The van der Waals surface area contributed by atoms with Gasteiger partial charge in [0.2, 0.25) is 0 Å². The van der Waals surface area contributed by atoms with Crippen molar-refractivity contribution in [2.45, 2.75) is 4.90 Å². The second-order valence-corrected chi connectivity index (χ2v) is 4.16. The van der Waals surface area contributed by atoms with Gasteiger partial charge in [-0.2, -0.15) is 0 Å². The molecule has 2 aromatic carbocycles. The minimum absolute atomic E-state index is 0.309. The van der Waals surface area contributed by atoms with Gasteiger partial charge in [-0.3, -0.25) is 0 Å². The smallest absolute Gasteiger partial charge is 0.156 e. The third-order valence-electron chi connectivity index (χ3n) is 2.25. The molecular formula is C13H11NO2S. The van der Waals surface area contributed by atoms with Crippen LogP contribution in [0.5, 0.6) is 11.5 Å². The van der Waals surface area contributed by atoms with E-state index in [1.165, 1.54) is 0 Å². The topological polar surface area (TPSA) is 38.7 Å². The van der Waals surface area contributed by atoms with E-state index in [0.29, 0.717) is 11.4 Å². The quantitative estimate of drug-likeness (QED) is 0.583. The molecule has 0 aliphatic rings. The van der Waals surface area contributed by atoms with Crippen LogP contribution in [0, 0.1) is 4.91 Å². The highest BCUT2D eigenvalue weighted by molar-refractivity contribution is 7.98. The Bertz CT molecular complexity index is 528. The molecule has 0 saturated heterocycles. The van der Waals surface area contributed by atoms with Crippen LogP contribution >= 0.6 is 11.8 Å². The van der Waals surface area contributed by atoms with E-state index in [1.54, 1.807) is 30.0 Å². The summed E-state index contributed by atoms with van der Waals surface area (Å²) in [5.74, 6) is 1.21. The lowest BCUT2D eigenvalue weighted by molar-refractivity contribution is 0.472. The van der Waals surface area contributed by atoms with Crippen molar-refractivity contribution in [3.05, 3.63) is 53.4 Å². The monoisotopic (exact) mass is 245 g/mol. The van der Waals surface area contributed by atoms with E-state index in [2.05, 4.69) is 5.18 Å². The van der Waals surface area contributed by atoms with Gasteiger partial charge in [-0.05, 0) is 35.7 Å². The molecule has 17 heavy (non-hydrogen) atoms. The SMILES string of the molecule is CSc1ccccc1Oc1ccccc1N=O. The molecule has 0 N–H and O–H groups in total. The van der Waals surface area contributed by atoms with Crippen molar-refractivity contribution < 1.29 is 4.74 Å². The molecule has 0 unspecified atom stereocenters. The predicted octanol–water partition coefficient (Wildman–Crippen LogP) is 4.60. The van der Waals surface area contributed by atoms with Crippen molar-refractivity contribution in [3.63, 3.8) is 0 Å². The Morgan fingerprint density at radius 3 is 2.35 bits per heavy atom. The minimum Gasteiger partial charge on any atom is -0.454 e. The molecule has 0 bridgehead atoms. The fourth-order valence-corrected chi connectivity index (χ4v) is 1.97. The largest absolute Gasteiger partial charge is 0.454 e. The van der Waals surface area contributed by atoms with Crippen molar-refractivity contribution in [2.24, 2.45) is 5.18 Å². The first-order valence-electron chi connectivity index (χ1n) is 5.08. The Kier molecular flexibility index (Phi) is 3.77. The summed E-state index contributed by atoms with van der Waals surface area (Å²) >= 11 is 1.59. The van der Waals surface area contributed by atoms with Crippen LogP contribution < -0.4 is 4.74 Å². The van der Waals surface area contributed by atoms with Crippen molar-refractivity contribution in [3.8, 4) is 11.5 Å². The summed E-state index contributed by atoms with van der Waals surface area (Å²) in [6.45, 7) is 0. The second-order valence-electron chi connectivity index (χ2n) is 3.31. The Morgan fingerprint density at radius 2 is 1.65 bits per heavy atom. The van der Waals surface area contributed by atoms with Gasteiger partial charge in [0.05, 0.1) is 0 Å². The molecular weight excluding hydrogens is 234 g/mol. The molecule has 0 aliphatic heterocycles. The highest BCUT2D eigenvalue weighted by Gasteiger charge is 2.07. The van der Waals surface area contributed by atoms with Crippen LogP contribution in [0.15, 0.2) is 58.6 Å². The molecule has 0 saturated carbocycles. The molecule has 0 fully saturated rings. The summed E-state index contributed by atoms with van der Waals surface area (Å²) in [6, 6.07) is 14.6. The number of nitroso groups, excluding NO2 is 1. The third-order valence-corrected chi connectivity index (χ3v) is 3.03. The number of thioether (sulfide) groups is 1. The predicted molar refractivity (Wildman–Crippen MR) is 70.2 cm³/mol. The first kappa shape index (κ1) is 11.7. The van der Waals surface area contributed by atoms with Gasteiger partial charge in [-0.25, -0.2) is 0 Å². The van der Waals surface area contributed by atoms with E-state index >= 15 is 0 Å². The Hall–Kier alpha value is -1.81. The lowest BCUT2D eigenvalue weighted by Crippen LogP contribution is -1.86. The number of hydrogen-bond donors (Lipinski definition) is 0. The molecule has 0 heterocycles. The number of ether oxygens (including phenoxy) is 1. The molecule has 0 atom stereocenters. The van der Waals surface area contributed by atoms with Crippen molar-refractivity contribution in [2.75, 3.05) is 6.26 Å². The molecule has 2 aromatic rings. The molecule has 0 aromatic heterocycles. The van der Waals surface area contributed by atoms with Crippen LogP contribution in [-0.2, 0) is 0 Å². The van der Waals surface area contributed by atoms with Gasteiger partial charge >= 0.3 is 0 Å². The van der Waals surface area contributed by atoms with Gasteiger partial charge in [-0.1, -0.05) is 24.3 Å². The van der Waals surface area contributed by atoms with E-state index in [9.17, 15) is 4.91 Å². The molecule has 86 valence electrons. The van der Waals surface area contributed by atoms with Crippen molar-refractivity contribution >= 4 is 17.4 Å². The second kappa shape index (κ2) is 5.50. The minimum atomic E-state index is 0.309. The lowest BCUT2D eigenvalue weighted by atomic mass is 10.3. The summed E-state index contributed by atoms with van der Waals surface area (Å²) in [5, 5.41) is 2.94. The maximum absolute atomic E-state index is 10.6. The number of nitrogens with zero attached hydrogens (tertiary/aromatic N) is 1. The molecule has 4 heteroatoms. The molecule has 0 aliphatic carbocycles. The van der Waals surface area contributed by atoms with E-state index in [4.69, 9.17) is 4.74 Å². The summed E-state index contributed by atoms with van der Waals surface area (Å²) in [5.41, 5.74) is 0.309. The van der Waals surface area contributed by atoms with Crippen molar-refractivity contribution in [1.29, 1.82) is 0 Å². The van der Waals surface area contributed by atoms with Gasteiger partial charge in [0.1, 0.15) is 5.75 Å². The molecule has 2 rings (SSSR count). The zero-order chi connectivity index (χ0) is 12.1. The number of rotatable bonds is 4. The molecule has 0 radical (unpaired) electrons. The summed E-state index contributed by atoms with van der Waals surface area (Å²) in [7, 11) is 0. The van der Waals surface area contributed by atoms with E-state index in [-0.39, 0.29) is 0 Å². The fraction of sp³-hybridized carbons (Fsp3) is 0.0769. The van der Waals surface area contributed by atoms with Crippen LogP contribution in [0.4, 0.5) is 5.69 Å². The van der Waals surface area contributed by atoms with Gasteiger partial charge in [0.15, 0.2) is 11.4 Å². The highest BCUT2D eigenvalue weighted by Crippen LogP contribution is 2.35. The summed E-state index contributed by atoms with van der Waals surface area (Å²) in [6.07, 6.45) is 1.98. The van der Waals surface area contributed by atoms with Crippen LogP contribution in [0.25, 0.3) is 0 Å². The van der Waals surface area contributed by atoms with E-state index in [0.717, 1.165) is 10.6 Å². The normalized spacial score (nSPS) is 9.94. The molecule has 0 amide bonds. The van der Waals surface area contributed by atoms with Crippen LogP contribution in [-0.4, -0.2) is 6.26 Å². The first-order valence-corrected chi connectivity index (χ1v) is 6.31. The Labute approximate surface area is 104 Å². The fourth-order valence-electron chi connectivity index (χ4n) is 1.44. The zero-order valence-corrected chi connectivity index (χ0v) is 10.1. The average molecular weight is 245 g/mol. The summed E-state index contributed by atoms with van der Waals surface area (Å²) in [4.78, 5) is 11.7. The highest BCUT2D eigenvalue weighted by atomic mass is 32.2. The van der Waals surface area contributed by atoms with Gasteiger partial charge in [0.25, 0.3) is 0 Å². The maximum Gasteiger partial charge on any atom is 0.156 e. The Morgan fingerprint density at radius 1 is 1.00 bits per heavy atom. The number of para-hydroxylation sites is 2. The summed E-state index contributed by atoms with van der Waals surface area (Å²) < 4.78 is 5.71. The molecule has 0 spiro atoms. The third kappa shape index (κ3) is 2.65. The van der Waals surface area contributed by atoms with Crippen LogP contribution in [0.1, 0.15) is 0 Å². The number of hydrogen-bond acceptors (Lipinski definition) is 4. The maximum atomic E-state index is 10.6. The van der Waals surface area contributed by atoms with Crippen LogP contribution in [0.3, 0.4) is 0 Å². The molecule has 3 nitrogen and oxygen atoms in total. The lowest BCUT2D eigenvalue weighted by Gasteiger charge is -2.09. The average Bonchev–Trinajstić information content (AvgIpc) is 2.40. The van der Waals surface area contributed by atoms with Crippen LogP contribution in [0.2, 0.25) is 0 Å². The number of benzene rings is 2. The van der Waals surface area contributed by atoms with Gasteiger partial charge in [0, 0.05) is 4.90 Å². The Balaban J connectivity index is 2.34.